The summed E-state index contributed by atoms with van der Waals surface area (Å²) in [4.78, 5) is 12.1. The van der Waals surface area contributed by atoms with Gasteiger partial charge in [0.15, 0.2) is 0 Å². The van der Waals surface area contributed by atoms with Crippen LogP contribution in [0.2, 0.25) is 0 Å². The molecule has 0 heterocycles. The maximum atomic E-state index is 12.1. The first-order valence-corrected chi connectivity index (χ1v) is 7.92. The standard InChI is InChI=1S/C19H24N2O2/c1-4-23-18-8-6-5-7-17(18)20-10-9-19(22)21-16-12-14(2)11-15(3)13-16/h5-8,11-13,20H,4,9-10H2,1-3H3,(H,21,22). The van der Waals surface area contributed by atoms with E-state index in [0.29, 0.717) is 19.6 Å². The average Bonchev–Trinajstić information content (AvgIpc) is 2.48. The Balaban J connectivity index is 1.85. The van der Waals surface area contributed by atoms with E-state index in [1.807, 2.05) is 57.2 Å². The molecular weight excluding hydrogens is 288 g/mol. The zero-order chi connectivity index (χ0) is 16.7. The van der Waals surface area contributed by atoms with E-state index in [4.69, 9.17) is 4.74 Å². The van der Waals surface area contributed by atoms with Gasteiger partial charge in [-0.25, -0.2) is 0 Å². The summed E-state index contributed by atoms with van der Waals surface area (Å²) in [6.45, 7) is 7.17. The minimum Gasteiger partial charge on any atom is -0.492 e. The van der Waals surface area contributed by atoms with E-state index in [-0.39, 0.29) is 5.91 Å². The van der Waals surface area contributed by atoms with Gasteiger partial charge >= 0.3 is 0 Å². The number of benzene rings is 2. The van der Waals surface area contributed by atoms with Gasteiger partial charge in [-0.2, -0.15) is 0 Å². The van der Waals surface area contributed by atoms with Gasteiger partial charge in [-0.1, -0.05) is 18.2 Å². The van der Waals surface area contributed by atoms with Crippen LogP contribution in [0.25, 0.3) is 0 Å². The fourth-order valence-corrected chi connectivity index (χ4v) is 2.48. The van der Waals surface area contributed by atoms with Gasteiger partial charge in [0.1, 0.15) is 5.75 Å². The van der Waals surface area contributed by atoms with Gasteiger partial charge in [0.2, 0.25) is 5.91 Å². The molecule has 122 valence electrons. The number of para-hydroxylation sites is 2. The number of carbonyl (C=O) groups excluding carboxylic acids is 1. The van der Waals surface area contributed by atoms with Gasteiger partial charge in [-0.15, -0.1) is 0 Å². The molecule has 2 aromatic carbocycles. The molecule has 0 aliphatic carbocycles. The second-order valence-electron chi connectivity index (χ2n) is 5.53. The first kappa shape index (κ1) is 16.9. The number of hydrogen-bond acceptors (Lipinski definition) is 3. The minimum absolute atomic E-state index is 0.00334. The molecule has 0 fully saturated rings. The predicted molar refractivity (Wildman–Crippen MR) is 95.3 cm³/mol. The Morgan fingerprint density at radius 3 is 2.48 bits per heavy atom. The van der Waals surface area contributed by atoms with Gasteiger partial charge < -0.3 is 15.4 Å². The third-order valence-corrected chi connectivity index (χ3v) is 3.36. The number of nitrogens with one attached hydrogen (secondary N) is 2. The molecule has 2 N–H and O–H groups in total. The van der Waals surface area contributed by atoms with Gasteiger partial charge in [0, 0.05) is 18.7 Å². The van der Waals surface area contributed by atoms with Gasteiger partial charge in [0.25, 0.3) is 0 Å². The number of anilines is 2. The largest absolute Gasteiger partial charge is 0.492 e. The van der Waals surface area contributed by atoms with Crippen LogP contribution in [-0.2, 0) is 4.79 Å². The normalized spacial score (nSPS) is 10.2. The molecule has 23 heavy (non-hydrogen) atoms. The molecule has 0 aliphatic rings. The third-order valence-electron chi connectivity index (χ3n) is 3.36. The number of carbonyl (C=O) groups is 1. The maximum absolute atomic E-state index is 12.1. The summed E-state index contributed by atoms with van der Waals surface area (Å²) < 4.78 is 5.55. The number of amides is 1. The van der Waals surface area contributed by atoms with Crippen molar-refractivity contribution in [2.75, 3.05) is 23.8 Å². The van der Waals surface area contributed by atoms with Crippen LogP contribution in [0.4, 0.5) is 11.4 Å². The highest BCUT2D eigenvalue weighted by Crippen LogP contribution is 2.23. The maximum Gasteiger partial charge on any atom is 0.226 e. The topological polar surface area (TPSA) is 50.4 Å². The fourth-order valence-electron chi connectivity index (χ4n) is 2.48. The molecule has 0 unspecified atom stereocenters. The molecule has 2 rings (SSSR count). The van der Waals surface area contributed by atoms with E-state index >= 15 is 0 Å². The SMILES string of the molecule is CCOc1ccccc1NCCC(=O)Nc1cc(C)cc(C)c1. The van der Waals surface area contributed by atoms with E-state index in [1.165, 1.54) is 0 Å². The highest BCUT2D eigenvalue weighted by molar-refractivity contribution is 5.91. The van der Waals surface area contributed by atoms with Crippen molar-refractivity contribution in [2.45, 2.75) is 27.2 Å². The molecule has 4 nitrogen and oxygen atoms in total. The Labute approximate surface area is 137 Å². The van der Waals surface area contributed by atoms with Crippen molar-refractivity contribution in [1.29, 1.82) is 0 Å². The van der Waals surface area contributed by atoms with Crippen LogP contribution in [0, 0.1) is 13.8 Å². The van der Waals surface area contributed by atoms with Gasteiger partial charge in [-0.3, -0.25) is 4.79 Å². The molecule has 0 aliphatic heterocycles. The van der Waals surface area contributed by atoms with Crippen molar-refractivity contribution >= 4 is 17.3 Å². The molecule has 4 heteroatoms. The van der Waals surface area contributed by atoms with E-state index in [1.54, 1.807) is 0 Å². The Bertz CT molecular complexity index is 648. The fraction of sp³-hybridized carbons (Fsp3) is 0.316. The van der Waals surface area contributed by atoms with Crippen molar-refractivity contribution in [3.8, 4) is 5.75 Å². The molecule has 0 aromatic heterocycles. The highest BCUT2D eigenvalue weighted by atomic mass is 16.5. The van der Waals surface area contributed by atoms with Crippen molar-refractivity contribution < 1.29 is 9.53 Å². The van der Waals surface area contributed by atoms with Crippen molar-refractivity contribution in [3.05, 3.63) is 53.6 Å². The number of hydrogen-bond donors (Lipinski definition) is 2. The molecule has 0 saturated heterocycles. The van der Waals surface area contributed by atoms with Crippen LogP contribution in [0.5, 0.6) is 5.75 Å². The van der Waals surface area contributed by atoms with Gasteiger partial charge in [0.05, 0.1) is 12.3 Å². The average molecular weight is 312 g/mol. The van der Waals surface area contributed by atoms with Crippen LogP contribution >= 0.6 is 0 Å². The minimum atomic E-state index is -0.00334. The summed E-state index contributed by atoms with van der Waals surface area (Å²) >= 11 is 0. The smallest absolute Gasteiger partial charge is 0.226 e. The summed E-state index contributed by atoms with van der Waals surface area (Å²) in [5.74, 6) is 0.807. The third kappa shape index (κ3) is 5.33. The van der Waals surface area contributed by atoms with Crippen molar-refractivity contribution in [2.24, 2.45) is 0 Å². The first-order chi connectivity index (χ1) is 11.1. The lowest BCUT2D eigenvalue weighted by Crippen LogP contribution is -2.16. The summed E-state index contributed by atoms with van der Waals surface area (Å²) in [6.07, 6.45) is 0.396. The number of ether oxygens (including phenoxy) is 1. The zero-order valence-electron chi connectivity index (χ0n) is 14.0. The molecular formula is C19H24N2O2. The number of aryl methyl sites for hydroxylation is 2. The summed E-state index contributed by atoms with van der Waals surface area (Å²) in [5, 5.41) is 6.19. The van der Waals surface area contributed by atoms with E-state index in [0.717, 1.165) is 28.3 Å². The monoisotopic (exact) mass is 312 g/mol. The van der Waals surface area contributed by atoms with E-state index in [2.05, 4.69) is 16.7 Å². The van der Waals surface area contributed by atoms with Crippen LogP contribution in [0.3, 0.4) is 0 Å². The lowest BCUT2D eigenvalue weighted by Gasteiger charge is -2.12. The summed E-state index contributed by atoms with van der Waals surface area (Å²) in [6, 6.07) is 13.8. The molecule has 1 amide bonds. The van der Waals surface area contributed by atoms with Crippen LogP contribution in [0.1, 0.15) is 24.5 Å². The summed E-state index contributed by atoms with van der Waals surface area (Å²) in [7, 11) is 0. The van der Waals surface area contributed by atoms with E-state index < -0.39 is 0 Å². The molecule has 0 spiro atoms. The summed E-state index contributed by atoms with van der Waals surface area (Å²) in [5.41, 5.74) is 4.05. The second-order valence-corrected chi connectivity index (χ2v) is 5.53. The Morgan fingerprint density at radius 2 is 1.78 bits per heavy atom. The van der Waals surface area contributed by atoms with Crippen molar-refractivity contribution in [3.63, 3.8) is 0 Å². The molecule has 0 saturated carbocycles. The number of rotatable bonds is 7. The second kappa shape index (κ2) is 8.22. The first-order valence-electron chi connectivity index (χ1n) is 7.92. The Morgan fingerprint density at radius 1 is 1.09 bits per heavy atom. The Kier molecular flexibility index (Phi) is 6.03. The quantitative estimate of drug-likeness (QED) is 0.808. The molecule has 0 radical (unpaired) electrons. The molecule has 0 bridgehead atoms. The lowest BCUT2D eigenvalue weighted by atomic mass is 10.1. The molecule has 0 atom stereocenters. The van der Waals surface area contributed by atoms with Crippen LogP contribution in [-0.4, -0.2) is 19.1 Å². The Hall–Kier alpha value is -2.49. The van der Waals surface area contributed by atoms with Crippen molar-refractivity contribution in [1.82, 2.24) is 0 Å². The van der Waals surface area contributed by atoms with E-state index in [9.17, 15) is 4.79 Å². The van der Waals surface area contributed by atoms with Crippen LogP contribution in [0.15, 0.2) is 42.5 Å². The zero-order valence-corrected chi connectivity index (χ0v) is 14.0. The van der Waals surface area contributed by atoms with Gasteiger partial charge in [-0.05, 0) is 56.2 Å². The highest BCUT2D eigenvalue weighted by Gasteiger charge is 2.05. The van der Waals surface area contributed by atoms with Crippen LogP contribution < -0.4 is 15.4 Å². The predicted octanol–water partition coefficient (Wildman–Crippen LogP) is 4.14. The molecule has 2 aromatic rings. The lowest BCUT2D eigenvalue weighted by molar-refractivity contribution is -0.115.